The topological polar surface area (TPSA) is 98.8 Å². The average molecular weight is 434 g/mol. The zero-order valence-electron chi connectivity index (χ0n) is 18.2. The molecule has 4 amide bonds. The normalized spacial score (nSPS) is 19.4. The van der Waals surface area contributed by atoms with Crippen LogP contribution in [0.15, 0.2) is 48.5 Å². The SMILES string of the molecule is CC(=O)Nc1cccc(NC(=O)CCCN2C(=O)c3ccccc3N3C(=O)CC[C@]23C)c1. The van der Waals surface area contributed by atoms with Crippen LogP contribution in [0.25, 0.3) is 0 Å². The number of rotatable bonds is 6. The lowest BCUT2D eigenvalue weighted by atomic mass is 9.98. The first kappa shape index (κ1) is 21.5. The van der Waals surface area contributed by atoms with Gasteiger partial charge < -0.3 is 15.5 Å². The Kier molecular flexibility index (Phi) is 5.69. The third-order valence-corrected chi connectivity index (χ3v) is 6.00. The predicted octanol–water partition coefficient (Wildman–Crippen LogP) is 3.36. The quantitative estimate of drug-likeness (QED) is 0.728. The Labute approximate surface area is 186 Å². The van der Waals surface area contributed by atoms with Crippen molar-refractivity contribution < 1.29 is 19.2 Å². The summed E-state index contributed by atoms with van der Waals surface area (Å²) >= 11 is 0. The fourth-order valence-electron chi connectivity index (χ4n) is 4.54. The molecule has 32 heavy (non-hydrogen) atoms. The molecular weight excluding hydrogens is 408 g/mol. The summed E-state index contributed by atoms with van der Waals surface area (Å²) in [5.41, 5.74) is 1.65. The first-order chi connectivity index (χ1) is 15.3. The number of nitrogens with zero attached hydrogens (tertiary/aromatic N) is 2. The van der Waals surface area contributed by atoms with Crippen LogP contribution in [0, 0.1) is 0 Å². The van der Waals surface area contributed by atoms with E-state index >= 15 is 0 Å². The predicted molar refractivity (Wildman–Crippen MR) is 121 cm³/mol. The average Bonchev–Trinajstić information content (AvgIpc) is 3.05. The van der Waals surface area contributed by atoms with Crippen LogP contribution in [0.3, 0.4) is 0 Å². The minimum absolute atomic E-state index is 0.00856. The molecule has 0 saturated carbocycles. The van der Waals surface area contributed by atoms with E-state index in [0.717, 1.165) is 0 Å². The molecule has 166 valence electrons. The van der Waals surface area contributed by atoms with Crippen LogP contribution in [-0.4, -0.2) is 40.7 Å². The molecule has 0 unspecified atom stereocenters. The molecule has 0 bridgehead atoms. The van der Waals surface area contributed by atoms with Crippen molar-refractivity contribution in [2.75, 3.05) is 22.1 Å². The largest absolute Gasteiger partial charge is 0.326 e. The molecule has 0 aliphatic carbocycles. The van der Waals surface area contributed by atoms with Crippen molar-refractivity contribution in [3.63, 3.8) is 0 Å². The van der Waals surface area contributed by atoms with Gasteiger partial charge in [-0.3, -0.25) is 24.1 Å². The van der Waals surface area contributed by atoms with Gasteiger partial charge in [0.05, 0.1) is 11.3 Å². The number of hydrogen-bond acceptors (Lipinski definition) is 4. The molecule has 4 rings (SSSR count). The lowest BCUT2D eigenvalue weighted by Gasteiger charge is -2.48. The molecule has 2 aliphatic rings. The van der Waals surface area contributed by atoms with Gasteiger partial charge in [-0.2, -0.15) is 0 Å². The highest BCUT2D eigenvalue weighted by Crippen LogP contribution is 2.44. The van der Waals surface area contributed by atoms with E-state index in [4.69, 9.17) is 0 Å². The summed E-state index contributed by atoms with van der Waals surface area (Å²) in [4.78, 5) is 53.0. The fraction of sp³-hybridized carbons (Fsp3) is 0.333. The van der Waals surface area contributed by atoms with Gasteiger partial charge in [-0.15, -0.1) is 0 Å². The molecule has 0 radical (unpaired) electrons. The Morgan fingerprint density at radius 2 is 1.75 bits per heavy atom. The Bertz CT molecular complexity index is 1100. The zero-order chi connectivity index (χ0) is 22.9. The maximum absolute atomic E-state index is 13.2. The molecule has 2 aromatic rings. The number of carbonyl (C=O) groups is 4. The van der Waals surface area contributed by atoms with Crippen molar-refractivity contribution in [3.05, 3.63) is 54.1 Å². The molecule has 1 fully saturated rings. The van der Waals surface area contributed by atoms with Gasteiger partial charge >= 0.3 is 0 Å². The molecule has 0 spiro atoms. The lowest BCUT2D eigenvalue weighted by molar-refractivity contribution is -0.118. The number of benzene rings is 2. The fourth-order valence-corrected chi connectivity index (χ4v) is 4.54. The second-order valence-corrected chi connectivity index (χ2v) is 8.33. The number of carbonyl (C=O) groups excluding carboxylic acids is 4. The summed E-state index contributed by atoms with van der Waals surface area (Å²) in [6.07, 6.45) is 1.64. The van der Waals surface area contributed by atoms with Crippen molar-refractivity contribution in [1.29, 1.82) is 0 Å². The van der Waals surface area contributed by atoms with E-state index in [1.165, 1.54) is 6.92 Å². The van der Waals surface area contributed by atoms with Gasteiger partial charge in [0.15, 0.2) is 0 Å². The zero-order valence-corrected chi connectivity index (χ0v) is 18.2. The van der Waals surface area contributed by atoms with Crippen LogP contribution in [0.2, 0.25) is 0 Å². The number of fused-ring (bicyclic) bond motifs is 3. The van der Waals surface area contributed by atoms with Gasteiger partial charge in [-0.25, -0.2) is 0 Å². The molecular formula is C24H26N4O4. The molecule has 8 heteroatoms. The summed E-state index contributed by atoms with van der Waals surface area (Å²) in [5.74, 6) is -0.472. The first-order valence-corrected chi connectivity index (χ1v) is 10.7. The highest BCUT2D eigenvalue weighted by atomic mass is 16.2. The van der Waals surface area contributed by atoms with Crippen molar-refractivity contribution in [3.8, 4) is 0 Å². The van der Waals surface area contributed by atoms with E-state index < -0.39 is 5.66 Å². The summed E-state index contributed by atoms with van der Waals surface area (Å²) in [6, 6.07) is 14.1. The third kappa shape index (κ3) is 3.95. The van der Waals surface area contributed by atoms with Gasteiger partial charge in [0.2, 0.25) is 17.7 Å². The van der Waals surface area contributed by atoms with E-state index in [0.29, 0.717) is 48.4 Å². The van der Waals surface area contributed by atoms with Gasteiger partial charge in [-0.05, 0) is 50.1 Å². The van der Waals surface area contributed by atoms with Gasteiger partial charge in [-0.1, -0.05) is 18.2 Å². The molecule has 2 aromatic carbocycles. The van der Waals surface area contributed by atoms with Crippen LogP contribution in [-0.2, 0) is 14.4 Å². The third-order valence-electron chi connectivity index (χ3n) is 6.00. The summed E-state index contributed by atoms with van der Waals surface area (Å²) in [6.45, 7) is 3.71. The van der Waals surface area contributed by atoms with Crippen LogP contribution in [0.1, 0.15) is 49.9 Å². The van der Waals surface area contributed by atoms with E-state index in [9.17, 15) is 19.2 Å². The number of amides is 4. The van der Waals surface area contributed by atoms with E-state index in [1.54, 1.807) is 46.2 Å². The molecule has 2 aliphatic heterocycles. The second-order valence-electron chi connectivity index (χ2n) is 8.33. The van der Waals surface area contributed by atoms with Crippen LogP contribution in [0.4, 0.5) is 17.1 Å². The molecule has 1 saturated heterocycles. The van der Waals surface area contributed by atoms with Gasteiger partial charge in [0.1, 0.15) is 5.66 Å². The Balaban J connectivity index is 1.42. The van der Waals surface area contributed by atoms with Crippen molar-refractivity contribution in [1.82, 2.24) is 4.90 Å². The standard InChI is InChI=1S/C24H26N4O4/c1-16(29)25-17-7-5-8-18(15-17)26-21(30)11-6-14-27-23(32)19-9-3-4-10-20(19)28-22(31)12-13-24(27,28)2/h3-5,7-10,15H,6,11-14H2,1-2H3,(H,25,29)(H,26,30)/t24-/m1/s1. The summed E-state index contributed by atoms with van der Waals surface area (Å²) < 4.78 is 0. The maximum atomic E-state index is 13.2. The Morgan fingerprint density at radius 3 is 2.50 bits per heavy atom. The van der Waals surface area contributed by atoms with Crippen LogP contribution in [0.5, 0.6) is 0 Å². The molecule has 2 heterocycles. The van der Waals surface area contributed by atoms with Crippen LogP contribution >= 0.6 is 0 Å². The molecule has 1 atom stereocenters. The molecule has 0 aromatic heterocycles. The Morgan fingerprint density at radius 1 is 1.03 bits per heavy atom. The van der Waals surface area contributed by atoms with Crippen LogP contribution < -0.4 is 15.5 Å². The summed E-state index contributed by atoms with van der Waals surface area (Å²) in [5, 5.41) is 5.50. The van der Waals surface area contributed by atoms with Crippen molar-refractivity contribution in [2.24, 2.45) is 0 Å². The summed E-state index contributed by atoms with van der Waals surface area (Å²) in [7, 11) is 0. The second kappa shape index (κ2) is 8.45. The number of para-hydroxylation sites is 1. The first-order valence-electron chi connectivity index (χ1n) is 10.7. The number of anilines is 3. The minimum Gasteiger partial charge on any atom is -0.326 e. The molecule has 8 nitrogen and oxygen atoms in total. The maximum Gasteiger partial charge on any atom is 0.257 e. The van der Waals surface area contributed by atoms with Gasteiger partial charge in [0.25, 0.3) is 5.91 Å². The Hall–Kier alpha value is -3.68. The number of nitrogens with one attached hydrogen (secondary N) is 2. The lowest BCUT2D eigenvalue weighted by Crippen LogP contribution is -2.62. The van der Waals surface area contributed by atoms with E-state index in [1.807, 2.05) is 19.1 Å². The van der Waals surface area contributed by atoms with Crippen molar-refractivity contribution >= 4 is 40.7 Å². The highest BCUT2D eigenvalue weighted by Gasteiger charge is 2.52. The smallest absolute Gasteiger partial charge is 0.257 e. The monoisotopic (exact) mass is 434 g/mol. The van der Waals surface area contributed by atoms with Gasteiger partial charge in [0, 0.05) is 37.7 Å². The van der Waals surface area contributed by atoms with Crippen molar-refractivity contribution in [2.45, 2.75) is 45.2 Å². The minimum atomic E-state index is -0.717. The van der Waals surface area contributed by atoms with E-state index in [-0.39, 0.29) is 30.0 Å². The highest BCUT2D eigenvalue weighted by molar-refractivity contribution is 6.10. The number of hydrogen-bond donors (Lipinski definition) is 2. The molecule has 2 N–H and O–H groups in total. The van der Waals surface area contributed by atoms with E-state index in [2.05, 4.69) is 10.6 Å².